The fourth-order valence-electron chi connectivity index (χ4n) is 2.65. The van der Waals surface area contributed by atoms with Gasteiger partial charge in [0.05, 0.1) is 6.61 Å². The van der Waals surface area contributed by atoms with Crippen molar-refractivity contribution in [2.24, 2.45) is 0 Å². The fourth-order valence-corrected chi connectivity index (χ4v) is 2.65. The molecule has 0 fully saturated rings. The van der Waals surface area contributed by atoms with Crippen LogP contribution < -0.4 is 10.6 Å². The second kappa shape index (κ2) is 6.08. The summed E-state index contributed by atoms with van der Waals surface area (Å²) in [4.78, 5) is 12.5. The highest BCUT2D eigenvalue weighted by Gasteiger charge is 2.25. The summed E-state index contributed by atoms with van der Waals surface area (Å²) in [6.45, 7) is 0.810. The Hall–Kier alpha value is -2.17. The number of rotatable bonds is 3. The van der Waals surface area contributed by atoms with E-state index in [1.54, 1.807) is 24.3 Å². The maximum Gasteiger partial charge on any atom is 0.246 e. The Labute approximate surface area is 123 Å². The molecular weight excluding hydrogens is 264 g/mol. The lowest BCUT2D eigenvalue weighted by molar-refractivity contribution is -0.118. The molecule has 0 bridgehead atoms. The quantitative estimate of drug-likeness (QED) is 0.807. The summed E-state index contributed by atoms with van der Waals surface area (Å²) in [5.41, 5.74) is 3.84. The van der Waals surface area contributed by atoms with Gasteiger partial charge < -0.3 is 15.7 Å². The van der Waals surface area contributed by atoms with Gasteiger partial charge in [-0.2, -0.15) is 0 Å². The average Bonchev–Trinajstić information content (AvgIpc) is 2.55. The number of fused-ring (bicyclic) bond motifs is 1. The first-order valence-corrected chi connectivity index (χ1v) is 7.10. The Bertz CT molecular complexity index is 637. The Morgan fingerprint density at radius 2 is 1.95 bits per heavy atom. The van der Waals surface area contributed by atoms with Crippen molar-refractivity contribution >= 4 is 11.6 Å². The summed E-state index contributed by atoms with van der Waals surface area (Å²) in [6.07, 6.45) is 0.950. The molecule has 2 aromatic rings. The molecular formula is C17H18N2O2. The van der Waals surface area contributed by atoms with Gasteiger partial charge in [-0.3, -0.25) is 4.79 Å². The normalized spacial score (nSPS) is 17.1. The first-order valence-electron chi connectivity index (χ1n) is 7.10. The predicted octanol–water partition coefficient (Wildman–Crippen LogP) is 2.00. The van der Waals surface area contributed by atoms with E-state index in [-0.39, 0.29) is 18.6 Å². The van der Waals surface area contributed by atoms with Crippen LogP contribution in [0, 0.1) is 0 Å². The van der Waals surface area contributed by atoms with Crippen molar-refractivity contribution in [3.05, 3.63) is 65.2 Å². The molecule has 1 amide bonds. The molecule has 0 spiro atoms. The van der Waals surface area contributed by atoms with Crippen LogP contribution >= 0.6 is 0 Å². The number of carbonyl (C=O) groups is 1. The van der Waals surface area contributed by atoms with Crippen LogP contribution in [0.5, 0.6) is 0 Å². The minimum atomic E-state index is -0.313. The van der Waals surface area contributed by atoms with Crippen LogP contribution in [0.2, 0.25) is 0 Å². The summed E-state index contributed by atoms with van der Waals surface area (Å²) in [5, 5.41) is 15.2. The Morgan fingerprint density at radius 3 is 2.71 bits per heavy atom. The van der Waals surface area contributed by atoms with Gasteiger partial charge in [-0.25, -0.2) is 0 Å². The van der Waals surface area contributed by atoms with Crippen molar-refractivity contribution in [3.8, 4) is 0 Å². The van der Waals surface area contributed by atoms with Gasteiger partial charge in [0.1, 0.15) is 6.04 Å². The second-order valence-electron chi connectivity index (χ2n) is 5.18. The summed E-state index contributed by atoms with van der Waals surface area (Å²) in [6, 6.07) is 14.9. The van der Waals surface area contributed by atoms with E-state index in [1.807, 2.05) is 18.2 Å². The van der Waals surface area contributed by atoms with Crippen LogP contribution in [-0.2, 0) is 17.8 Å². The average molecular weight is 282 g/mol. The highest BCUT2D eigenvalue weighted by atomic mass is 16.3. The fraction of sp³-hybridized carbons (Fsp3) is 0.235. The molecule has 0 radical (unpaired) electrons. The number of hydrogen-bond donors (Lipinski definition) is 3. The van der Waals surface area contributed by atoms with Crippen LogP contribution in [0.4, 0.5) is 5.69 Å². The number of amides is 1. The van der Waals surface area contributed by atoms with Gasteiger partial charge in [-0.15, -0.1) is 0 Å². The van der Waals surface area contributed by atoms with Crippen molar-refractivity contribution in [1.29, 1.82) is 0 Å². The van der Waals surface area contributed by atoms with E-state index in [2.05, 4.69) is 16.7 Å². The number of carbonyl (C=O) groups excluding carboxylic acids is 1. The molecule has 0 saturated carbocycles. The van der Waals surface area contributed by atoms with Crippen molar-refractivity contribution < 1.29 is 9.90 Å². The lowest BCUT2D eigenvalue weighted by Crippen LogP contribution is -2.38. The van der Waals surface area contributed by atoms with Crippen molar-refractivity contribution in [2.45, 2.75) is 19.1 Å². The first-order chi connectivity index (χ1) is 10.3. The number of benzene rings is 2. The summed E-state index contributed by atoms with van der Waals surface area (Å²) < 4.78 is 0. The lowest BCUT2D eigenvalue weighted by atomic mass is 9.94. The van der Waals surface area contributed by atoms with Gasteiger partial charge in [-0.1, -0.05) is 36.4 Å². The zero-order valence-electron chi connectivity index (χ0n) is 11.7. The van der Waals surface area contributed by atoms with Crippen LogP contribution in [0.3, 0.4) is 0 Å². The summed E-state index contributed by atoms with van der Waals surface area (Å²) >= 11 is 0. The van der Waals surface area contributed by atoms with Gasteiger partial charge in [0.2, 0.25) is 5.91 Å². The number of hydrogen-bond acceptors (Lipinski definition) is 3. The zero-order chi connectivity index (χ0) is 14.7. The molecule has 4 heteroatoms. The van der Waals surface area contributed by atoms with Crippen LogP contribution in [0.1, 0.15) is 22.7 Å². The summed E-state index contributed by atoms with van der Waals surface area (Å²) in [5.74, 6) is -0.0566. The maximum absolute atomic E-state index is 12.5. The highest BCUT2D eigenvalue weighted by molar-refractivity contribution is 5.96. The van der Waals surface area contributed by atoms with Crippen LogP contribution in [0.15, 0.2) is 48.5 Å². The smallest absolute Gasteiger partial charge is 0.246 e. The number of aliphatic hydroxyl groups excluding tert-OH is 1. The van der Waals surface area contributed by atoms with E-state index >= 15 is 0 Å². The molecule has 1 unspecified atom stereocenters. The summed E-state index contributed by atoms with van der Waals surface area (Å²) in [7, 11) is 0. The zero-order valence-corrected chi connectivity index (χ0v) is 11.7. The number of anilines is 1. The Morgan fingerprint density at radius 1 is 1.19 bits per heavy atom. The maximum atomic E-state index is 12.5. The molecule has 1 aliphatic heterocycles. The first kappa shape index (κ1) is 13.8. The van der Waals surface area contributed by atoms with Gasteiger partial charge in [-0.05, 0) is 35.2 Å². The molecule has 1 aliphatic rings. The molecule has 2 aromatic carbocycles. The van der Waals surface area contributed by atoms with Crippen molar-refractivity contribution in [1.82, 2.24) is 5.32 Å². The third-order valence-electron chi connectivity index (χ3n) is 3.78. The number of nitrogens with one attached hydrogen (secondary N) is 2. The lowest BCUT2D eigenvalue weighted by Gasteiger charge is -2.26. The SMILES string of the molecule is O=C(Nc1ccc(CO)cc1)C1NCCc2ccccc21. The third-order valence-corrected chi connectivity index (χ3v) is 3.78. The molecule has 0 saturated heterocycles. The Balaban J connectivity index is 1.76. The molecule has 0 aliphatic carbocycles. The van der Waals surface area contributed by atoms with E-state index in [0.717, 1.165) is 29.8 Å². The van der Waals surface area contributed by atoms with Crippen molar-refractivity contribution in [3.63, 3.8) is 0 Å². The van der Waals surface area contributed by atoms with Gasteiger partial charge in [0, 0.05) is 12.2 Å². The number of aliphatic hydroxyl groups is 1. The standard InChI is InChI=1S/C17H18N2O2/c20-11-12-5-7-14(8-6-12)19-17(21)16-15-4-2-1-3-13(15)9-10-18-16/h1-8,16,18,20H,9-11H2,(H,19,21). The highest BCUT2D eigenvalue weighted by Crippen LogP contribution is 2.24. The van der Waals surface area contributed by atoms with Crippen molar-refractivity contribution in [2.75, 3.05) is 11.9 Å². The molecule has 1 heterocycles. The van der Waals surface area contributed by atoms with E-state index in [1.165, 1.54) is 5.56 Å². The largest absolute Gasteiger partial charge is 0.392 e. The molecule has 1 atom stereocenters. The molecule has 3 N–H and O–H groups in total. The topological polar surface area (TPSA) is 61.4 Å². The Kier molecular flexibility index (Phi) is 3.99. The van der Waals surface area contributed by atoms with Crippen LogP contribution in [0.25, 0.3) is 0 Å². The minimum absolute atomic E-state index is 0.00574. The molecule has 0 aromatic heterocycles. The molecule has 21 heavy (non-hydrogen) atoms. The van der Waals surface area contributed by atoms with Gasteiger partial charge in [0.15, 0.2) is 0 Å². The van der Waals surface area contributed by atoms with E-state index < -0.39 is 0 Å². The molecule has 3 rings (SSSR count). The second-order valence-corrected chi connectivity index (χ2v) is 5.18. The van der Waals surface area contributed by atoms with Crippen LogP contribution in [-0.4, -0.2) is 17.6 Å². The third kappa shape index (κ3) is 2.96. The van der Waals surface area contributed by atoms with E-state index in [9.17, 15) is 4.79 Å². The van der Waals surface area contributed by atoms with Gasteiger partial charge >= 0.3 is 0 Å². The van der Waals surface area contributed by atoms with E-state index in [4.69, 9.17) is 5.11 Å². The minimum Gasteiger partial charge on any atom is -0.392 e. The monoisotopic (exact) mass is 282 g/mol. The van der Waals surface area contributed by atoms with E-state index in [0.29, 0.717) is 0 Å². The molecule has 108 valence electrons. The van der Waals surface area contributed by atoms with Gasteiger partial charge in [0.25, 0.3) is 0 Å². The molecule has 4 nitrogen and oxygen atoms in total. The predicted molar refractivity (Wildman–Crippen MR) is 81.9 cm³/mol.